The Morgan fingerprint density at radius 2 is 1.70 bits per heavy atom. The molecule has 1 aliphatic carbocycles. The predicted molar refractivity (Wildman–Crippen MR) is 82.0 cm³/mol. The van der Waals surface area contributed by atoms with Crippen LogP contribution in [0.2, 0.25) is 0 Å². The SMILES string of the molecule is COc1ccc(C(O)C(C)NC2CCCCCC2)cc1. The largest absolute Gasteiger partial charge is 0.497 e. The highest BCUT2D eigenvalue weighted by Crippen LogP contribution is 2.23. The van der Waals surface area contributed by atoms with E-state index in [2.05, 4.69) is 12.2 Å². The van der Waals surface area contributed by atoms with E-state index in [0.717, 1.165) is 11.3 Å². The van der Waals surface area contributed by atoms with Crippen LogP contribution >= 0.6 is 0 Å². The quantitative estimate of drug-likeness (QED) is 0.810. The van der Waals surface area contributed by atoms with E-state index in [1.807, 2.05) is 24.3 Å². The van der Waals surface area contributed by atoms with Gasteiger partial charge in [0.2, 0.25) is 0 Å². The molecule has 0 saturated heterocycles. The summed E-state index contributed by atoms with van der Waals surface area (Å²) >= 11 is 0. The molecule has 3 nitrogen and oxygen atoms in total. The maximum absolute atomic E-state index is 10.5. The molecule has 0 aromatic heterocycles. The smallest absolute Gasteiger partial charge is 0.118 e. The van der Waals surface area contributed by atoms with Gasteiger partial charge >= 0.3 is 0 Å². The van der Waals surface area contributed by atoms with Crippen LogP contribution in [0.5, 0.6) is 5.75 Å². The second-order valence-corrected chi connectivity index (χ2v) is 5.86. The van der Waals surface area contributed by atoms with E-state index < -0.39 is 6.10 Å². The average Bonchev–Trinajstić information content (AvgIpc) is 2.75. The van der Waals surface area contributed by atoms with Gasteiger partial charge in [0.05, 0.1) is 13.2 Å². The summed E-state index contributed by atoms with van der Waals surface area (Å²) in [5.41, 5.74) is 0.944. The van der Waals surface area contributed by atoms with E-state index in [9.17, 15) is 5.11 Å². The predicted octanol–water partition coefficient (Wildman–Crippen LogP) is 3.43. The highest BCUT2D eigenvalue weighted by molar-refractivity contribution is 5.29. The van der Waals surface area contributed by atoms with Gasteiger partial charge in [-0.05, 0) is 37.5 Å². The fraction of sp³-hybridized carbons (Fsp3) is 0.647. The van der Waals surface area contributed by atoms with E-state index in [-0.39, 0.29) is 6.04 Å². The molecule has 3 heteroatoms. The van der Waals surface area contributed by atoms with Crippen LogP contribution in [0.1, 0.15) is 57.1 Å². The molecule has 0 spiro atoms. The molecule has 2 atom stereocenters. The Morgan fingerprint density at radius 1 is 1.10 bits per heavy atom. The molecule has 0 bridgehead atoms. The lowest BCUT2D eigenvalue weighted by molar-refractivity contribution is 0.127. The molecule has 0 radical (unpaired) electrons. The monoisotopic (exact) mass is 277 g/mol. The Morgan fingerprint density at radius 3 is 2.25 bits per heavy atom. The first-order chi connectivity index (χ1) is 9.70. The van der Waals surface area contributed by atoms with Gasteiger partial charge in [0.15, 0.2) is 0 Å². The van der Waals surface area contributed by atoms with Crippen molar-refractivity contribution in [2.45, 2.75) is 63.6 Å². The summed E-state index contributed by atoms with van der Waals surface area (Å²) in [4.78, 5) is 0. The topological polar surface area (TPSA) is 41.5 Å². The molecule has 2 N–H and O–H groups in total. The molecular formula is C17H27NO2. The zero-order chi connectivity index (χ0) is 14.4. The van der Waals surface area contributed by atoms with Crippen LogP contribution in [-0.4, -0.2) is 24.3 Å². The third-order valence-electron chi connectivity index (χ3n) is 4.28. The van der Waals surface area contributed by atoms with Gasteiger partial charge in [0.1, 0.15) is 5.75 Å². The average molecular weight is 277 g/mol. The van der Waals surface area contributed by atoms with E-state index in [1.54, 1.807) is 7.11 Å². The van der Waals surface area contributed by atoms with E-state index in [1.165, 1.54) is 38.5 Å². The molecule has 2 unspecified atom stereocenters. The van der Waals surface area contributed by atoms with Crippen LogP contribution in [0.15, 0.2) is 24.3 Å². The summed E-state index contributed by atoms with van der Waals surface area (Å²) in [5, 5.41) is 14.1. The van der Waals surface area contributed by atoms with Crippen molar-refractivity contribution in [1.29, 1.82) is 0 Å². The summed E-state index contributed by atoms with van der Waals surface area (Å²) in [6, 6.07) is 8.31. The number of hydrogen-bond acceptors (Lipinski definition) is 3. The Bertz CT molecular complexity index is 382. The fourth-order valence-corrected chi connectivity index (χ4v) is 3.00. The molecule has 0 heterocycles. The lowest BCUT2D eigenvalue weighted by Crippen LogP contribution is -2.39. The van der Waals surface area contributed by atoms with Crippen molar-refractivity contribution in [3.05, 3.63) is 29.8 Å². The van der Waals surface area contributed by atoms with Crippen LogP contribution in [0.4, 0.5) is 0 Å². The molecule has 112 valence electrons. The van der Waals surface area contributed by atoms with Crippen molar-refractivity contribution in [3.8, 4) is 5.75 Å². The van der Waals surface area contributed by atoms with Gasteiger partial charge < -0.3 is 15.2 Å². The van der Waals surface area contributed by atoms with Crippen molar-refractivity contribution >= 4 is 0 Å². The minimum atomic E-state index is -0.468. The number of aliphatic hydroxyl groups excluding tert-OH is 1. The molecule has 0 amide bonds. The van der Waals surface area contributed by atoms with E-state index in [4.69, 9.17) is 4.74 Å². The standard InChI is InChI=1S/C17H27NO2/c1-13(18-15-7-5-3-4-6-8-15)17(19)14-9-11-16(20-2)12-10-14/h9-13,15,17-19H,3-8H2,1-2H3. The summed E-state index contributed by atoms with van der Waals surface area (Å²) < 4.78 is 5.15. The third kappa shape index (κ3) is 4.22. The highest BCUT2D eigenvalue weighted by atomic mass is 16.5. The molecule has 1 saturated carbocycles. The second kappa shape index (κ2) is 7.65. The van der Waals surface area contributed by atoms with Crippen LogP contribution in [-0.2, 0) is 0 Å². The Labute approximate surface area is 122 Å². The zero-order valence-electron chi connectivity index (χ0n) is 12.6. The molecule has 20 heavy (non-hydrogen) atoms. The Hall–Kier alpha value is -1.06. The lowest BCUT2D eigenvalue weighted by Gasteiger charge is -2.26. The summed E-state index contributed by atoms with van der Waals surface area (Å²) in [7, 11) is 1.65. The number of ether oxygens (including phenoxy) is 1. The molecule has 1 aliphatic rings. The zero-order valence-corrected chi connectivity index (χ0v) is 12.6. The minimum Gasteiger partial charge on any atom is -0.497 e. The van der Waals surface area contributed by atoms with Gasteiger partial charge in [-0.25, -0.2) is 0 Å². The van der Waals surface area contributed by atoms with Crippen molar-refractivity contribution < 1.29 is 9.84 Å². The van der Waals surface area contributed by atoms with Crippen molar-refractivity contribution in [2.75, 3.05) is 7.11 Å². The van der Waals surface area contributed by atoms with Gasteiger partial charge in [-0.3, -0.25) is 0 Å². The maximum atomic E-state index is 10.5. The third-order valence-corrected chi connectivity index (χ3v) is 4.28. The molecular weight excluding hydrogens is 250 g/mol. The van der Waals surface area contributed by atoms with Crippen molar-refractivity contribution in [1.82, 2.24) is 5.32 Å². The molecule has 1 aromatic carbocycles. The molecule has 1 fully saturated rings. The maximum Gasteiger partial charge on any atom is 0.118 e. The minimum absolute atomic E-state index is 0.0755. The number of methoxy groups -OCH3 is 1. The van der Waals surface area contributed by atoms with Crippen LogP contribution in [0, 0.1) is 0 Å². The van der Waals surface area contributed by atoms with Gasteiger partial charge in [-0.1, -0.05) is 37.8 Å². The number of nitrogens with one attached hydrogen (secondary N) is 1. The number of rotatable bonds is 5. The first-order valence-corrected chi connectivity index (χ1v) is 7.79. The van der Waals surface area contributed by atoms with Crippen molar-refractivity contribution in [3.63, 3.8) is 0 Å². The summed E-state index contributed by atoms with van der Waals surface area (Å²) in [6.45, 7) is 2.07. The lowest BCUT2D eigenvalue weighted by atomic mass is 10.0. The van der Waals surface area contributed by atoms with E-state index in [0.29, 0.717) is 6.04 Å². The van der Waals surface area contributed by atoms with Gasteiger partial charge in [-0.15, -0.1) is 0 Å². The summed E-state index contributed by atoms with van der Waals surface area (Å²) in [6.07, 6.45) is 7.33. The molecule has 2 rings (SSSR count). The Kier molecular flexibility index (Phi) is 5.86. The van der Waals surface area contributed by atoms with Crippen LogP contribution < -0.4 is 10.1 Å². The Balaban J connectivity index is 1.91. The number of aliphatic hydroxyl groups is 1. The van der Waals surface area contributed by atoms with Crippen LogP contribution in [0.3, 0.4) is 0 Å². The highest BCUT2D eigenvalue weighted by Gasteiger charge is 2.20. The first kappa shape index (κ1) is 15.3. The first-order valence-electron chi connectivity index (χ1n) is 7.79. The number of hydrogen-bond donors (Lipinski definition) is 2. The molecule has 1 aromatic rings. The van der Waals surface area contributed by atoms with Gasteiger partial charge in [0.25, 0.3) is 0 Å². The van der Waals surface area contributed by atoms with Gasteiger partial charge in [-0.2, -0.15) is 0 Å². The fourth-order valence-electron chi connectivity index (χ4n) is 3.00. The van der Waals surface area contributed by atoms with E-state index >= 15 is 0 Å². The van der Waals surface area contributed by atoms with Gasteiger partial charge in [0, 0.05) is 12.1 Å². The number of benzene rings is 1. The van der Waals surface area contributed by atoms with Crippen LogP contribution in [0.25, 0.3) is 0 Å². The normalized spacial score (nSPS) is 20.1. The summed E-state index contributed by atoms with van der Waals surface area (Å²) in [5.74, 6) is 0.824. The molecule has 0 aliphatic heterocycles. The second-order valence-electron chi connectivity index (χ2n) is 5.86. The van der Waals surface area contributed by atoms with Crippen molar-refractivity contribution in [2.24, 2.45) is 0 Å².